The summed E-state index contributed by atoms with van der Waals surface area (Å²) < 4.78 is 0. The molecule has 0 aliphatic heterocycles. The fraction of sp³-hybridized carbons (Fsp3) is 0.462. The molecular formula is C13H19ClN2O. The van der Waals surface area contributed by atoms with Crippen molar-refractivity contribution >= 4 is 17.5 Å². The van der Waals surface area contributed by atoms with E-state index in [1.54, 1.807) is 0 Å². The molecule has 94 valence electrons. The molecule has 1 aromatic rings. The van der Waals surface area contributed by atoms with Gasteiger partial charge in [-0.1, -0.05) is 37.6 Å². The van der Waals surface area contributed by atoms with Gasteiger partial charge < -0.3 is 10.6 Å². The zero-order valence-electron chi connectivity index (χ0n) is 10.5. The first-order valence-electron chi connectivity index (χ1n) is 5.77. The lowest BCUT2D eigenvalue weighted by Gasteiger charge is -2.15. The topological polar surface area (TPSA) is 41.1 Å². The van der Waals surface area contributed by atoms with Crippen molar-refractivity contribution in [3.63, 3.8) is 0 Å². The van der Waals surface area contributed by atoms with Crippen LogP contribution in [0.3, 0.4) is 0 Å². The van der Waals surface area contributed by atoms with Crippen LogP contribution < -0.4 is 10.6 Å². The number of hydrogen-bond acceptors (Lipinski definition) is 2. The molecule has 0 aliphatic carbocycles. The van der Waals surface area contributed by atoms with E-state index in [1.807, 2.05) is 45.0 Å². The summed E-state index contributed by atoms with van der Waals surface area (Å²) in [5.41, 5.74) is 1.01. The van der Waals surface area contributed by atoms with E-state index in [-0.39, 0.29) is 11.9 Å². The van der Waals surface area contributed by atoms with Gasteiger partial charge in [-0.25, -0.2) is 0 Å². The molecule has 0 aliphatic rings. The second-order valence-electron chi connectivity index (χ2n) is 4.38. The highest BCUT2D eigenvalue weighted by Crippen LogP contribution is 2.16. The molecule has 3 nitrogen and oxygen atoms in total. The third-order valence-electron chi connectivity index (χ3n) is 2.40. The molecular weight excluding hydrogens is 236 g/mol. The van der Waals surface area contributed by atoms with Crippen molar-refractivity contribution in [1.82, 2.24) is 10.6 Å². The SMILES string of the molecule is CC(C)NCC(=O)N[C@H](C)c1cccc(Cl)c1. The number of hydrogen-bond donors (Lipinski definition) is 2. The summed E-state index contributed by atoms with van der Waals surface area (Å²) >= 11 is 5.90. The van der Waals surface area contributed by atoms with Crippen molar-refractivity contribution in [3.05, 3.63) is 34.9 Å². The van der Waals surface area contributed by atoms with Crippen molar-refractivity contribution in [2.24, 2.45) is 0 Å². The molecule has 0 saturated carbocycles. The minimum absolute atomic E-state index is 0.00817. The van der Waals surface area contributed by atoms with Gasteiger partial charge in [0, 0.05) is 11.1 Å². The summed E-state index contributed by atoms with van der Waals surface area (Å²) in [5, 5.41) is 6.68. The molecule has 1 aromatic carbocycles. The van der Waals surface area contributed by atoms with Gasteiger partial charge in [0.05, 0.1) is 12.6 Å². The van der Waals surface area contributed by atoms with E-state index in [4.69, 9.17) is 11.6 Å². The molecule has 2 N–H and O–H groups in total. The Hall–Kier alpha value is -1.06. The van der Waals surface area contributed by atoms with Gasteiger partial charge in [-0.3, -0.25) is 4.79 Å². The molecule has 0 fully saturated rings. The zero-order valence-corrected chi connectivity index (χ0v) is 11.2. The van der Waals surface area contributed by atoms with E-state index in [0.717, 1.165) is 5.56 Å². The van der Waals surface area contributed by atoms with Crippen molar-refractivity contribution < 1.29 is 4.79 Å². The lowest BCUT2D eigenvalue weighted by atomic mass is 10.1. The summed E-state index contributed by atoms with van der Waals surface area (Å²) in [6, 6.07) is 7.79. The number of benzene rings is 1. The predicted octanol–water partition coefficient (Wildman–Crippen LogP) is 2.52. The maximum Gasteiger partial charge on any atom is 0.234 e. The average molecular weight is 255 g/mol. The Bertz CT molecular complexity index is 379. The van der Waals surface area contributed by atoms with Gasteiger partial charge in [0.15, 0.2) is 0 Å². The van der Waals surface area contributed by atoms with Crippen LogP contribution in [0.2, 0.25) is 5.02 Å². The highest BCUT2D eigenvalue weighted by Gasteiger charge is 2.09. The van der Waals surface area contributed by atoms with Gasteiger partial charge in [0.1, 0.15) is 0 Å². The third-order valence-corrected chi connectivity index (χ3v) is 2.63. The molecule has 0 bridgehead atoms. The quantitative estimate of drug-likeness (QED) is 0.848. The molecule has 4 heteroatoms. The van der Waals surface area contributed by atoms with Gasteiger partial charge in [-0.2, -0.15) is 0 Å². The number of nitrogens with one attached hydrogen (secondary N) is 2. The molecule has 0 saturated heterocycles. The van der Waals surface area contributed by atoms with Crippen molar-refractivity contribution in [2.75, 3.05) is 6.54 Å². The highest BCUT2D eigenvalue weighted by atomic mass is 35.5. The summed E-state index contributed by atoms with van der Waals surface area (Å²) in [5.74, 6) is -0.00817. The Balaban J connectivity index is 2.48. The summed E-state index contributed by atoms with van der Waals surface area (Å²) in [7, 11) is 0. The first-order chi connectivity index (χ1) is 7.99. The number of carbonyl (C=O) groups excluding carboxylic acids is 1. The van der Waals surface area contributed by atoms with Crippen LogP contribution in [-0.2, 0) is 4.79 Å². The molecule has 1 atom stereocenters. The largest absolute Gasteiger partial charge is 0.348 e. The lowest BCUT2D eigenvalue weighted by molar-refractivity contribution is -0.121. The Labute approximate surface area is 108 Å². The van der Waals surface area contributed by atoms with Crippen LogP contribution in [-0.4, -0.2) is 18.5 Å². The predicted molar refractivity (Wildman–Crippen MR) is 71.1 cm³/mol. The first-order valence-corrected chi connectivity index (χ1v) is 6.15. The van der Waals surface area contributed by atoms with Crippen LogP contribution in [0.1, 0.15) is 32.4 Å². The van der Waals surface area contributed by atoms with Crippen LogP contribution in [0.4, 0.5) is 0 Å². The summed E-state index contributed by atoms with van der Waals surface area (Å²) in [4.78, 5) is 11.6. The summed E-state index contributed by atoms with van der Waals surface area (Å²) in [6.07, 6.45) is 0. The molecule has 0 aromatic heterocycles. The van der Waals surface area contributed by atoms with Crippen molar-refractivity contribution in [2.45, 2.75) is 32.9 Å². The molecule has 0 heterocycles. The maximum absolute atomic E-state index is 11.6. The van der Waals surface area contributed by atoms with Gasteiger partial charge in [0.25, 0.3) is 0 Å². The van der Waals surface area contributed by atoms with E-state index < -0.39 is 0 Å². The fourth-order valence-corrected chi connectivity index (χ4v) is 1.65. The Kier molecular flexibility index (Phi) is 5.45. The normalized spacial score (nSPS) is 12.5. The third kappa shape index (κ3) is 5.20. The molecule has 1 rings (SSSR count). The zero-order chi connectivity index (χ0) is 12.8. The van der Waals surface area contributed by atoms with E-state index >= 15 is 0 Å². The maximum atomic E-state index is 11.6. The highest BCUT2D eigenvalue weighted by molar-refractivity contribution is 6.30. The van der Waals surface area contributed by atoms with Crippen molar-refractivity contribution in [1.29, 1.82) is 0 Å². The number of rotatable bonds is 5. The van der Waals surface area contributed by atoms with Crippen LogP contribution >= 0.6 is 11.6 Å². The van der Waals surface area contributed by atoms with E-state index in [9.17, 15) is 4.79 Å². The first kappa shape index (κ1) is 14.0. The van der Waals surface area contributed by atoms with Crippen LogP contribution in [0.5, 0.6) is 0 Å². The van der Waals surface area contributed by atoms with E-state index in [2.05, 4.69) is 10.6 Å². The molecule has 1 amide bonds. The Morgan fingerprint density at radius 3 is 2.65 bits per heavy atom. The van der Waals surface area contributed by atoms with Gasteiger partial charge in [0.2, 0.25) is 5.91 Å². The lowest BCUT2D eigenvalue weighted by Crippen LogP contribution is -2.37. The Morgan fingerprint density at radius 1 is 1.35 bits per heavy atom. The minimum atomic E-state index is -0.0323. The standard InChI is InChI=1S/C13H19ClN2O/c1-9(2)15-8-13(17)16-10(3)11-5-4-6-12(14)7-11/h4-7,9-10,15H,8H2,1-3H3,(H,16,17)/t10-/m1/s1. The molecule has 17 heavy (non-hydrogen) atoms. The molecule has 0 unspecified atom stereocenters. The number of carbonyl (C=O) groups is 1. The monoisotopic (exact) mass is 254 g/mol. The van der Waals surface area contributed by atoms with Gasteiger partial charge in [-0.05, 0) is 24.6 Å². The second kappa shape index (κ2) is 6.62. The van der Waals surface area contributed by atoms with Crippen LogP contribution in [0.25, 0.3) is 0 Å². The van der Waals surface area contributed by atoms with Crippen molar-refractivity contribution in [3.8, 4) is 0 Å². The smallest absolute Gasteiger partial charge is 0.234 e. The Morgan fingerprint density at radius 2 is 2.06 bits per heavy atom. The fourth-order valence-electron chi connectivity index (χ4n) is 1.45. The number of halogens is 1. The number of amides is 1. The average Bonchev–Trinajstić information content (AvgIpc) is 2.26. The van der Waals surface area contributed by atoms with Crippen LogP contribution in [0, 0.1) is 0 Å². The van der Waals surface area contributed by atoms with Gasteiger partial charge in [-0.15, -0.1) is 0 Å². The minimum Gasteiger partial charge on any atom is -0.348 e. The van der Waals surface area contributed by atoms with Crippen LogP contribution in [0.15, 0.2) is 24.3 Å². The molecule has 0 radical (unpaired) electrons. The van der Waals surface area contributed by atoms with Gasteiger partial charge >= 0.3 is 0 Å². The van der Waals surface area contributed by atoms with E-state index in [0.29, 0.717) is 17.6 Å². The van der Waals surface area contributed by atoms with E-state index in [1.165, 1.54) is 0 Å². The molecule has 0 spiro atoms. The second-order valence-corrected chi connectivity index (χ2v) is 4.82. The summed E-state index contributed by atoms with van der Waals surface area (Å²) in [6.45, 7) is 6.29.